The van der Waals surface area contributed by atoms with Gasteiger partial charge < -0.3 is 31.9 Å². The van der Waals surface area contributed by atoms with Crippen LogP contribution in [0, 0.1) is 0 Å². The molecule has 0 bridgehead atoms. The number of para-hydroxylation sites is 1. The molecule has 0 aromatic heterocycles. The monoisotopic (exact) mass is 454 g/mol. The van der Waals surface area contributed by atoms with E-state index in [1.54, 1.807) is 42.5 Å². The van der Waals surface area contributed by atoms with Crippen molar-refractivity contribution < 1.29 is 30.0 Å². The van der Waals surface area contributed by atoms with Gasteiger partial charge in [-0.2, -0.15) is 0 Å². The van der Waals surface area contributed by atoms with E-state index in [1.165, 1.54) is 0 Å². The molecule has 8 N–H and O–H groups in total. The largest absolute Gasteiger partial charge is 0.481 e. The molecule has 0 spiro atoms. The number of aliphatic carboxylic acids is 1. The highest BCUT2D eigenvalue weighted by atomic mass is 79.9. The molecule has 0 amide bonds. The van der Waals surface area contributed by atoms with E-state index in [1.807, 2.05) is 0 Å². The van der Waals surface area contributed by atoms with E-state index in [-0.39, 0.29) is 17.9 Å². The Balaban J connectivity index is 0.000000416. The van der Waals surface area contributed by atoms with E-state index in [0.717, 1.165) is 4.47 Å². The predicted molar refractivity (Wildman–Crippen MR) is 108 cm³/mol. The van der Waals surface area contributed by atoms with Crippen LogP contribution in [0.3, 0.4) is 0 Å². The molecule has 0 atom stereocenters. The summed E-state index contributed by atoms with van der Waals surface area (Å²) in [5.74, 6) is -1.20. The van der Waals surface area contributed by atoms with Crippen LogP contribution in [0.1, 0.15) is 21.5 Å². The predicted octanol–water partition coefficient (Wildman–Crippen LogP) is 0.550. The molecule has 0 unspecified atom stereocenters. The molecule has 2 aromatic carbocycles. The summed E-state index contributed by atoms with van der Waals surface area (Å²) in [5, 5.41) is 33.8. The molecule has 0 saturated carbocycles. The van der Waals surface area contributed by atoms with Crippen molar-refractivity contribution in [1.29, 1.82) is 0 Å². The maximum Gasteiger partial charge on any atom is 0.307 e. The van der Waals surface area contributed by atoms with Gasteiger partial charge in [-0.1, -0.05) is 28.1 Å². The van der Waals surface area contributed by atoms with Crippen LogP contribution in [0.15, 0.2) is 46.9 Å². The Morgan fingerprint density at radius 2 is 1.50 bits per heavy atom. The number of carbonyl (C=O) groups excluding carboxylic acids is 1. The summed E-state index contributed by atoms with van der Waals surface area (Å²) in [6.07, 6.45) is -0.201. The zero-order valence-corrected chi connectivity index (χ0v) is 16.6. The van der Waals surface area contributed by atoms with Gasteiger partial charge in [-0.25, -0.2) is 0 Å². The van der Waals surface area contributed by atoms with E-state index in [9.17, 15) is 9.59 Å². The number of halogens is 1. The van der Waals surface area contributed by atoms with Gasteiger partial charge >= 0.3 is 5.97 Å². The molecule has 8 nitrogen and oxygen atoms in total. The molecule has 28 heavy (non-hydrogen) atoms. The fourth-order valence-corrected chi connectivity index (χ4v) is 2.30. The molecular weight excluding hydrogens is 432 g/mol. The maximum atomic E-state index is 12.4. The van der Waals surface area contributed by atoms with Gasteiger partial charge in [0.1, 0.15) is 0 Å². The molecule has 152 valence electrons. The van der Waals surface area contributed by atoms with Gasteiger partial charge in [0, 0.05) is 21.3 Å². The minimum atomic E-state index is -1.21. The number of carboxylic acid groups (broad SMARTS) is 1. The molecule has 0 aliphatic rings. The van der Waals surface area contributed by atoms with E-state index in [4.69, 9.17) is 31.9 Å². The normalized spacial score (nSPS) is 10.8. The smallest absolute Gasteiger partial charge is 0.307 e. The summed E-state index contributed by atoms with van der Waals surface area (Å²) >= 11 is 3.30. The number of aliphatic hydroxyl groups is 3. The number of nitrogens with two attached hydrogens (primary N) is 2. The number of ketones is 1. The van der Waals surface area contributed by atoms with Gasteiger partial charge in [-0.15, -0.1) is 0 Å². The van der Waals surface area contributed by atoms with Crippen LogP contribution in [-0.4, -0.2) is 57.5 Å². The van der Waals surface area contributed by atoms with Crippen molar-refractivity contribution >= 4 is 33.4 Å². The SMILES string of the molecule is NC(CO)(CO)CO.Nc1c(CC(=O)O)cccc1C(=O)c1ccc(Br)cc1. The molecule has 0 fully saturated rings. The topological polar surface area (TPSA) is 167 Å². The highest BCUT2D eigenvalue weighted by Crippen LogP contribution is 2.22. The fraction of sp³-hybridized carbons (Fsp3) is 0.263. The highest BCUT2D eigenvalue weighted by molar-refractivity contribution is 9.10. The number of benzene rings is 2. The lowest BCUT2D eigenvalue weighted by molar-refractivity contribution is -0.136. The average Bonchev–Trinajstić information content (AvgIpc) is 2.69. The van der Waals surface area contributed by atoms with Crippen molar-refractivity contribution in [2.75, 3.05) is 25.6 Å². The van der Waals surface area contributed by atoms with Crippen LogP contribution >= 0.6 is 15.9 Å². The van der Waals surface area contributed by atoms with Crippen molar-refractivity contribution in [2.24, 2.45) is 5.73 Å². The zero-order chi connectivity index (χ0) is 21.3. The quantitative estimate of drug-likeness (QED) is 0.260. The minimum absolute atomic E-state index is 0.201. The van der Waals surface area contributed by atoms with Crippen molar-refractivity contribution in [3.63, 3.8) is 0 Å². The van der Waals surface area contributed by atoms with Gasteiger partial charge in [0.05, 0.1) is 31.8 Å². The Labute approximate surface area is 170 Å². The lowest BCUT2D eigenvalue weighted by Crippen LogP contribution is -2.50. The third-order valence-electron chi connectivity index (χ3n) is 3.83. The lowest BCUT2D eigenvalue weighted by atomic mass is 9.98. The molecule has 0 saturated heterocycles. The first-order valence-electron chi connectivity index (χ1n) is 8.18. The highest BCUT2D eigenvalue weighted by Gasteiger charge is 2.20. The summed E-state index contributed by atoms with van der Waals surface area (Å²) < 4.78 is 0.877. The third-order valence-corrected chi connectivity index (χ3v) is 4.36. The molecule has 0 radical (unpaired) electrons. The number of anilines is 1. The van der Waals surface area contributed by atoms with Crippen LogP contribution in [0.2, 0.25) is 0 Å². The van der Waals surface area contributed by atoms with E-state index < -0.39 is 31.3 Å². The van der Waals surface area contributed by atoms with Crippen LogP contribution in [-0.2, 0) is 11.2 Å². The van der Waals surface area contributed by atoms with E-state index >= 15 is 0 Å². The second-order valence-electron chi connectivity index (χ2n) is 6.12. The average molecular weight is 455 g/mol. The number of hydrogen-bond donors (Lipinski definition) is 6. The number of aliphatic hydroxyl groups excluding tert-OH is 3. The lowest BCUT2D eigenvalue weighted by Gasteiger charge is -2.20. The van der Waals surface area contributed by atoms with Gasteiger partial charge in [0.25, 0.3) is 0 Å². The van der Waals surface area contributed by atoms with Gasteiger partial charge in [-0.05, 0) is 35.9 Å². The summed E-state index contributed by atoms with van der Waals surface area (Å²) in [6, 6.07) is 11.8. The Morgan fingerprint density at radius 1 is 0.964 bits per heavy atom. The van der Waals surface area contributed by atoms with Gasteiger partial charge in [-0.3, -0.25) is 9.59 Å². The first-order chi connectivity index (χ1) is 13.2. The summed E-state index contributed by atoms with van der Waals surface area (Å²) in [6.45, 7) is -1.21. The van der Waals surface area contributed by atoms with E-state index in [2.05, 4.69) is 15.9 Å². The second kappa shape index (κ2) is 10.9. The second-order valence-corrected chi connectivity index (χ2v) is 7.04. The van der Waals surface area contributed by atoms with Crippen molar-refractivity contribution in [3.8, 4) is 0 Å². The Morgan fingerprint density at radius 3 is 1.93 bits per heavy atom. The van der Waals surface area contributed by atoms with E-state index in [0.29, 0.717) is 16.7 Å². The first-order valence-corrected chi connectivity index (χ1v) is 8.97. The van der Waals surface area contributed by atoms with Crippen molar-refractivity contribution in [3.05, 3.63) is 63.6 Å². The van der Waals surface area contributed by atoms with Crippen molar-refractivity contribution in [2.45, 2.75) is 12.0 Å². The van der Waals surface area contributed by atoms with Crippen LogP contribution < -0.4 is 11.5 Å². The number of carbonyl (C=O) groups is 2. The van der Waals surface area contributed by atoms with Gasteiger partial charge in [0.2, 0.25) is 0 Å². The van der Waals surface area contributed by atoms with Crippen LogP contribution in [0.25, 0.3) is 0 Å². The Kier molecular flexibility index (Phi) is 9.23. The van der Waals surface area contributed by atoms with Crippen LogP contribution in [0.4, 0.5) is 5.69 Å². The van der Waals surface area contributed by atoms with Crippen LogP contribution in [0.5, 0.6) is 0 Å². The summed E-state index contributed by atoms with van der Waals surface area (Å²) in [4.78, 5) is 23.1. The number of nitrogen functional groups attached to an aromatic ring is 1. The molecule has 0 aliphatic carbocycles. The number of carboxylic acids is 1. The molecular formula is C19H23BrN2O6. The Bertz CT molecular complexity index is 798. The number of rotatable bonds is 7. The standard InChI is InChI=1S/C15H12BrNO3.C4H11NO3/c16-11-6-4-9(5-7-11)15(20)12-3-1-2-10(14(12)17)8-13(18)19;5-4(1-6,2-7)3-8/h1-7H,8,17H2,(H,18,19);6-8H,1-3,5H2. The maximum absolute atomic E-state index is 12.4. The zero-order valence-electron chi connectivity index (χ0n) is 15.0. The first kappa shape index (κ1) is 23.7. The summed E-state index contributed by atoms with van der Waals surface area (Å²) in [5.41, 5.74) is 11.3. The number of hydrogen-bond acceptors (Lipinski definition) is 7. The van der Waals surface area contributed by atoms with Gasteiger partial charge in [0.15, 0.2) is 5.78 Å². The molecule has 9 heteroatoms. The van der Waals surface area contributed by atoms with Crippen molar-refractivity contribution in [1.82, 2.24) is 0 Å². The fourth-order valence-electron chi connectivity index (χ4n) is 2.03. The molecule has 2 aromatic rings. The summed E-state index contributed by atoms with van der Waals surface area (Å²) in [7, 11) is 0. The minimum Gasteiger partial charge on any atom is -0.481 e. The Hall–Kier alpha value is -2.30. The molecule has 0 aliphatic heterocycles. The molecule has 2 rings (SSSR count). The molecule has 0 heterocycles. The third kappa shape index (κ3) is 6.70.